The van der Waals surface area contributed by atoms with Crippen LogP contribution in [0.3, 0.4) is 0 Å². The molecule has 1 aromatic heterocycles. The highest BCUT2D eigenvalue weighted by Gasteiger charge is 2.40. The molecule has 7 heteroatoms. The van der Waals surface area contributed by atoms with Gasteiger partial charge in [-0.2, -0.15) is 0 Å². The number of halogens is 1. The van der Waals surface area contributed by atoms with Crippen LogP contribution in [0.2, 0.25) is 5.02 Å². The van der Waals surface area contributed by atoms with E-state index in [-0.39, 0.29) is 12.2 Å². The lowest BCUT2D eigenvalue weighted by molar-refractivity contribution is -0.154. The van der Waals surface area contributed by atoms with Gasteiger partial charge in [0.1, 0.15) is 5.69 Å². The highest BCUT2D eigenvalue weighted by molar-refractivity contribution is 6.31. The van der Waals surface area contributed by atoms with Gasteiger partial charge in [0.05, 0.1) is 10.9 Å². The second-order valence-corrected chi connectivity index (χ2v) is 6.35. The molecule has 0 bridgehead atoms. The molecule has 2 aromatic rings. The van der Waals surface area contributed by atoms with Crippen LogP contribution in [0, 0.1) is 5.41 Å². The number of nitrogens with zero attached hydrogens (tertiary/aromatic N) is 1. The minimum Gasteiger partial charge on any atom is -0.481 e. The third-order valence-electron chi connectivity index (χ3n) is 4.38. The van der Waals surface area contributed by atoms with E-state index < -0.39 is 17.3 Å². The van der Waals surface area contributed by atoms with Gasteiger partial charge >= 0.3 is 5.97 Å². The molecule has 0 unspecified atom stereocenters. The third-order valence-corrected chi connectivity index (χ3v) is 4.61. The summed E-state index contributed by atoms with van der Waals surface area (Å²) in [6.45, 7) is 0.823. The molecule has 1 fully saturated rings. The molecule has 1 aliphatic heterocycles. The lowest BCUT2D eigenvalue weighted by Crippen LogP contribution is -2.46. The molecule has 0 atom stereocenters. The predicted octanol–water partition coefficient (Wildman–Crippen LogP) is 2.50. The Hall–Kier alpha value is -2.18. The summed E-state index contributed by atoms with van der Waals surface area (Å²) in [5.74, 6) is -1.31. The zero-order valence-electron chi connectivity index (χ0n) is 12.9. The van der Waals surface area contributed by atoms with Crippen molar-refractivity contribution in [2.45, 2.75) is 12.8 Å². The van der Waals surface area contributed by atoms with Gasteiger partial charge < -0.3 is 15.2 Å². The SMILES string of the molecule is O=C(NCC1(C(=O)O)CCOCC1)c1ccc2ccc(Cl)cc2n1. The normalized spacial score (nSPS) is 16.7. The lowest BCUT2D eigenvalue weighted by Gasteiger charge is -2.33. The summed E-state index contributed by atoms with van der Waals surface area (Å²) in [5.41, 5.74) is -0.125. The van der Waals surface area contributed by atoms with Crippen molar-refractivity contribution in [2.24, 2.45) is 5.41 Å². The van der Waals surface area contributed by atoms with Gasteiger partial charge in [-0.15, -0.1) is 0 Å². The Bertz CT molecular complexity index is 787. The Balaban J connectivity index is 1.75. The third kappa shape index (κ3) is 3.34. The summed E-state index contributed by atoms with van der Waals surface area (Å²) in [6.07, 6.45) is 0.757. The topological polar surface area (TPSA) is 88.5 Å². The van der Waals surface area contributed by atoms with Gasteiger partial charge in [-0.05, 0) is 31.0 Å². The standard InChI is InChI=1S/C17H17ClN2O4/c18-12-3-1-11-2-4-13(20-14(11)9-12)15(21)19-10-17(16(22)23)5-7-24-8-6-17/h1-4,9H,5-8,10H2,(H,19,21)(H,22,23). The number of aromatic nitrogens is 1. The summed E-state index contributed by atoms with van der Waals surface area (Å²) in [4.78, 5) is 28.2. The smallest absolute Gasteiger partial charge is 0.311 e. The average Bonchev–Trinajstić information content (AvgIpc) is 2.59. The summed E-state index contributed by atoms with van der Waals surface area (Å²) < 4.78 is 5.22. The van der Waals surface area contributed by atoms with E-state index in [2.05, 4.69) is 10.3 Å². The van der Waals surface area contributed by atoms with Gasteiger partial charge in [-0.25, -0.2) is 4.98 Å². The van der Waals surface area contributed by atoms with Crippen LogP contribution in [-0.2, 0) is 9.53 Å². The minimum absolute atomic E-state index is 0.0553. The zero-order valence-corrected chi connectivity index (χ0v) is 13.7. The van der Waals surface area contributed by atoms with E-state index in [1.165, 1.54) is 0 Å². The number of fused-ring (bicyclic) bond motifs is 1. The van der Waals surface area contributed by atoms with Gasteiger partial charge in [0.25, 0.3) is 5.91 Å². The largest absolute Gasteiger partial charge is 0.481 e. The molecule has 2 heterocycles. The van der Waals surface area contributed by atoms with E-state index in [0.29, 0.717) is 36.6 Å². The zero-order chi connectivity index (χ0) is 17.2. The van der Waals surface area contributed by atoms with Crippen molar-refractivity contribution >= 4 is 34.4 Å². The van der Waals surface area contributed by atoms with E-state index in [4.69, 9.17) is 16.3 Å². The summed E-state index contributed by atoms with van der Waals surface area (Å²) in [7, 11) is 0. The lowest BCUT2D eigenvalue weighted by atomic mass is 9.80. The molecule has 24 heavy (non-hydrogen) atoms. The maximum Gasteiger partial charge on any atom is 0.311 e. The maximum atomic E-state index is 12.3. The van der Waals surface area contributed by atoms with E-state index in [1.54, 1.807) is 24.3 Å². The number of hydrogen-bond donors (Lipinski definition) is 2. The van der Waals surface area contributed by atoms with E-state index in [1.807, 2.05) is 6.07 Å². The molecule has 0 saturated carbocycles. The van der Waals surface area contributed by atoms with Crippen LogP contribution in [0.4, 0.5) is 0 Å². The van der Waals surface area contributed by atoms with Crippen LogP contribution in [0.25, 0.3) is 10.9 Å². The fraction of sp³-hybridized carbons (Fsp3) is 0.353. The number of carboxylic acids is 1. The Kier molecular flexibility index (Phi) is 4.69. The van der Waals surface area contributed by atoms with Crippen LogP contribution in [0.15, 0.2) is 30.3 Å². The van der Waals surface area contributed by atoms with E-state index >= 15 is 0 Å². The predicted molar refractivity (Wildman–Crippen MR) is 89.2 cm³/mol. The van der Waals surface area contributed by atoms with Crippen LogP contribution < -0.4 is 5.32 Å². The summed E-state index contributed by atoms with van der Waals surface area (Å²) in [6, 6.07) is 8.67. The Labute approximate surface area is 143 Å². The van der Waals surface area contributed by atoms with Gasteiger partial charge in [-0.1, -0.05) is 23.7 Å². The van der Waals surface area contributed by atoms with Gasteiger partial charge in [0.15, 0.2) is 0 Å². The average molecular weight is 349 g/mol. The molecule has 6 nitrogen and oxygen atoms in total. The Morgan fingerprint density at radius 2 is 1.96 bits per heavy atom. The van der Waals surface area contributed by atoms with Crippen LogP contribution in [0.1, 0.15) is 23.3 Å². The van der Waals surface area contributed by atoms with Crippen LogP contribution in [-0.4, -0.2) is 41.7 Å². The monoisotopic (exact) mass is 348 g/mol. The number of carbonyl (C=O) groups excluding carboxylic acids is 1. The number of carbonyl (C=O) groups is 2. The fourth-order valence-electron chi connectivity index (χ4n) is 2.79. The van der Waals surface area contributed by atoms with Crippen molar-refractivity contribution in [3.63, 3.8) is 0 Å². The molecular weight excluding hydrogens is 332 g/mol. The highest BCUT2D eigenvalue weighted by atomic mass is 35.5. The van der Waals surface area contributed by atoms with Gasteiger partial charge in [0, 0.05) is 30.2 Å². The van der Waals surface area contributed by atoms with E-state index in [0.717, 1.165) is 5.39 Å². The molecule has 3 rings (SSSR count). The number of pyridine rings is 1. The van der Waals surface area contributed by atoms with Crippen molar-refractivity contribution in [1.82, 2.24) is 10.3 Å². The second kappa shape index (κ2) is 6.75. The maximum absolute atomic E-state index is 12.3. The number of ether oxygens (including phenoxy) is 1. The number of aliphatic carboxylic acids is 1. The van der Waals surface area contributed by atoms with Crippen molar-refractivity contribution in [1.29, 1.82) is 0 Å². The molecule has 0 radical (unpaired) electrons. The Morgan fingerprint density at radius 1 is 1.25 bits per heavy atom. The number of carboxylic acid groups (broad SMARTS) is 1. The first-order chi connectivity index (χ1) is 11.5. The van der Waals surface area contributed by atoms with Crippen LogP contribution in [0.5, 0.6) is 0 Å². The second-order valence-electron chi connectivity index (χ2n) is 5.91. The summed E-state index contributed by atoms with van der Waals surface area (Å²) >= 11 is 5.95. The van der Waals surface area contributed by atoms with Gasteiger partial charge in [0.2, 0.25) is 0 Å². The molecule has 1 amide bonds. The quantitative estimate of drug-likeness (QED) is 0.886. The Morgan fingerprint density at radius 3 is 2.67 bits per heavy atom. The molecule has 1 saturated heterocycles. The molecule has 2 N–H and O–H groups in total. The van der Waals surface area contributed by atoms with Gasteiger partial charge in [-0.3, -0.25) is 9.59 Å². The fourth-order valence-corrected chi connectivity index (χ4v) is 2.95. The van der Waals surface area contributed by atoms with Crippen LogP contribution >= 0.6 is 11.6 Å². The van der Waals surface area contributed by atoms with Crippen molar-refractivity contribution < 1.29 is 19.4 Å². The molecule has 1 aromatic carbocycles. The number of amides is 1. The van der Waals surface area contributed by atoms with Crippen molar-refractivity contribution in [3.8, 4) is 0 Å². The molecule has 1 aliphatic rings. The van der Waals surface area contributed by atoms with Crippen molar-refractivity contribution in [2.75, 3.05) is 19.8 Å². The van der Waals surface area contributed by atoms with Crippen molar-refractivity contribution in [3.05, 3.63) is 41.0 Å². The number of nitrogens with one attached hydrogen (secondary N) is 1. The summed E-state index contributed by atoms with van der Waals surface area (Å²) in [5, 5.41) is 13.6. The molecule has 126 valence electrons. The molecule has 0 aliphatic carbocycles. The first kappa shape index (κ1) is 16.7. The number of hydrogen-bond acceptors (Lipinski definition) is 4. The number of rotatable bonds is 4. The number of benzene rings is 1. The highest BCUT2D eigenvalue weighted by Crippen LogP contribution is 2.30. The molecule has 0 spiro atoms. The first-order valence-corrected chi connectivity index (χ1v) is 8.04. The molecular formula is C17H17ClN2O4. The first-order valence-electron chi connectivity index (χ1n) is 7.66. The van der Waals surface area contributed by atoms with E-state index in [9.17, 15) is 14.7 Å². The minimum atomic E-state index is -0.978.